The third-order valence-electron chi connectivity index (χ3n) is 2.12. The van der Waals surface area contributed by atoms with Gasteiger partial charge in [0, 0.05) is 5.56 Å². The van der Waals surface area contributed by atoms with E-state index in [2.05, 4.69) is 4.98 Å². The molecule has 0 atom stereocenters. The minimum absolute atomic E-state index is 0.256. The van der Waals surface area contributed by atoms with E-state index in [1.807, 2.05) is 13.8 Å². The summed E-state index contributed by atoms with van der Waals surface area (Å²) in [5, 5.41) is 0. The summed E-state index contributed by atoms with van der Waals surface area (Å²) in [7, 11) is 0. The van der Waals surface area contributed by atoms with Crippen LogP contribution >= 0.6 is 0 Å². The Hall–Kier alpha value is -1.64. The summed E-state index contributed by atoms with van der Waals surface area (Å²) >= 11 is 0. The second-order valence-electron chi connectivity index (χ2n) is 3.17. The highest BCUT2D eigenvalue weighted by atomic mass is 19.1. The van der Waals surface area contributed by atoms with Crippen molar-refractivity contribution in [2.24, 2.45) is 0 Å². The third kappa shape index (κ3) is 1.53. The lowest BCUT2D eigenvalue weighted by molar-refractivity contribution is 0.540. The van der Waals surface area contributed by atoms with Crippen molar-refractivity contribution >= 4 is 0 Å². The summed E-state index contributed by atoms with van der Waals surface area (Å²) in [4.78, 5) is 4.22. The zero-order valence-corrected chi connectivity index (χ0v) is 8.04. The lowest BCUT2D eigenvalue weighted by atomic mass is 10.2. The Balaban J connectivity index is 2.44. The van der Waals surface area contributed by atoms with Crippen LogP contribution in [-0.4, -0.2) is 4.98 Å². The summed E-state index contributed by atoms with van der Waals surface area (Å²) in [6.07, 6.45) is 0. The Morgan fingerprint density at radius 3 is 2.29 bits per heavy atom. The molecule has 2 nitrogen and oxygen atoms in total. The molecule has 3 heteroatoms. The van der Waals surface area contributed by atoms with Crippen molar-refractivity contribution in [2.45, 2.75) is 13.8 Å². The molecule has 0 unspecified atom stereocenters. The zero-order valence-electron chi connectivity index (χ0n) is 8.04. The first-order valence-electron chi connectivity index (χ1n) is 4.37. The summed E-state index contributed by atoms with van der Waals surface area (Å²) in [5.41, 5.74) is 1.66. The second-order valence-corrected chi connectivity index (χ2v) is 3.17. The number of aromatic nitrogens is 1. The van der Waals surface area contributed by atoms with Gasteiger partial charge in [0.25, 0.3) is 0 Å². The number of halogens is 1. The van der Waals surface area contributed by atoms with E-state index < -0.39 is 0 Å². The number of hydrogen-bond donors (Lipinski definition) is 0. The Labute approximate surface area is 81.4 Å². The lowest BCUT2D eigenvalue weighted by Crippen LogP contribution is -1.78. The maximum Gasteiger partial charge on any atom is 0.226 e. The van der Waals surface area contributed by atoms with Crippen LogP contribution in [-0.2, 0) is 0 Å². The molecular weight excluding hydrogens is 181 g/mol. The van der Waals surface area contributed by atoms with Crippen molar-refractivity contribution in [2.75, 3.05) is 0 Å². The van der Waals surface area contributed by atoms with Gasteiger partial charge in [0.05, 0.1) is 5.69 Å². The van der Waals surface area contributed by atoms with Crippen molar-refractivity contribution in [1.82, 2.24) is 4.98 Å². The maximum atomic E-state index is 12.6. The summed E-state index contributed by atoms with van der Waals surface area (Å²) < 4.78 is 18.0. The van der Waals surface area contributed by atoms with E-state index in [1.54, 1.807) is 12.1 Å². The van der Waals surface area contributed by atoms with Gasteiger partial charge in [0.15, 0.2) is 0 Å². The molecule has 0 N–H and O–H groups in total. The Bertz CT molecular complexity index is 425. The fourth-order valence-corrected chi connectivity index (χ4v) is 1.19. The average molecular weight is 191 g/mol. The van der Waals surface area contributed by atoms with E-state index >= 15 is 0 Å². The normalized spacial score (nSPS) is 10.5. The van der Waals surface area contributed by atoms with Gasteiger partial charge in [-0.05, 0) is 38.1 Å². The predicted molar refractivity (Wildman–Crippen MR) is 51.4 cm³/mol. The van der Waals surface area contributed by atoms with E-state index in [9.17, 15) is 4.39 Å². The lowest BCUT2D eigenvalue weighted by Gasteiger charge is -1.93. The average Bonchev–Trinajstić information content (AvgIpc) is 2.48. The Morgan fingerprint density at radius 2 is 1.79 bits per heavy atom. The zero-order chi connectivity index (χ0) is 10.1. The van der Waals surface area contributed by atoms with E-state index in [1.165, 1.54) is 12.1 Å². The Morgan fingerprint density at radius 1 is 1.14 bits per heavy atom. The molecule has 2 rings (SSSR count). The van der Waals surface area contributed by atoms with Crippen LogP contribution in [0.5, 0.6) is 0 Å². The molecule has 0 spiro atoms. The number of aryl methyl sites for hydroxylation is 2. The molecule has 1 aromatic heterocycles. The second kappa shape index (κ2) is 3.25. The van der Waals surface area contributed by atoms with Crippen molar-refractivity contribution in [3.8, 4) is 11.5 Å². The van der Waals surface area contributed by atoms with Crippen LogP contribution in [0.25, 0.3) is 11.5 Å². The number of rotatable bonds is 1. The SMILES string of the molecule is Cc1nc(-c2ccc(F)cc2)oc1C. The summed E-state index contributed by atoms with van der Waals surface area (Å²) in [5.74, 6) is 1.08. The van der Waals surface area contributed by atoms with Gasteiger partial charge in [-0.1, -0.05) is 0 Å². The largest absolute Gasteiger partial charge is 0.441 e. The molecule has 1 aromatic carbocycles. The van der Waals surface area contributed by atoms with Crippen LogP contribution in [0, 0.1) is 19.7 Å². The highest BCUT2D eigenvalue weighted by Gasteiger charge is 2.07. The first-order chi connectivity index (χ1) is 6.66. The van der Waals surface area contributed by atoms with Gasteiger partial charge in [0.2, 0.25) is 5.89 Å². The van der Waals surface area contributed by atoms with Crippen LogP contribution in [0.2, 0.25) is 0 Å². The fourth-order valence-electron chi connectivity index (χ4n) is 1.19. The first kappa shape index (κ1) is 8.94. The molecule has 0 saturated carbocycles. The molecule has 0 aliphatic heterocycles. The molecule has 0 bridgehead atoms. The standard InChI is InChI=1S/C11H10FNO/c1-7-8(2)14-11(13-7)9-3-5-10(12)6-4-9/h3-6H,1-2H3. The minimum atomic E-state index is -0.256. The molecule has 0 aliphatic carbocycles. The molecule has 72 valence electrons. The molecular formula is C11H10FNO. The van der Waals surface area contributed by atoms with E-state index in [-0.39, 0.29) is 5.82 Å². The van der Waals surface area contributed by atoms with Gasteiger partial charge in [-0.15, -0.1) is 0 Å². The smallest absolute Gasteiger partial charge is 0.226 e. The van der Waals surface area contributed by atoms with Gasteiger partial charge < -0.3 is 4.42 Å². The molecule has 0 radical (unpaired) electrons. The van der Waals surface area contributed by atoms with E-state index in [4.69, 9.17) is 4.42 Å². The molecule has 0 fully saturated rings. The van der Waals surface area contributed by atoms with Crippen LogP contribution in [0.4, 0.5) is 4.39 Å². The molecule has 14 heavy (non-hydrogen) atoms. The van der Waals surface area contributed by atoms with Gasteiger partial charge >= 0.3 is 0 Å². The van der Waals surface area contributed by atoms with Crippen LogP contribution in [0.15, 0.2) is 28.7 Å². The van der Waals surface area contributed by atoms with Crippen molar-refractivity contribution in [3.05, 3.63) is 41.5 Å². The van der Waals surface area contributed by atoms with Gasteiger partial charge in [-0.3, -0.25) is 0 Å². The van der Waals surface area contributed by atoms with Crippen LogP contribution in [0.1, 0.15) is 11.5 Å². The molecule has 0 saturated heterocycles. The van der Waals surface area contributed by atoms with Gasteiger partial charge in [0.1, 0.15) is 11.6 Å². The minimum Gasteiger partial charge on any atom is -0.441 e. The molecule has 0 aliphatic rings. The number of oxazole rings is 1. The van der Waals surface area contributed by atoms with E-state index in [0.717, 1.165) is 17.0 Å². The fraction of sp³-hybridized carbons (Fsp3) is 0.182. The topological polar surface area (TPSA) is 26.0 Å². The quantitative estimate of drug-likeness (QED) is 0.692. The molecule has 2 aromatic rings. The molecule has 1 heterocycles. The molecule has 0 amide bonds. The van der Waals surface area contributed by atoms with E-state index in [0.29, 0.717) is 5.89 Å². The number of hydrogen-bond acceptors (Lipinski definition) is 2. The summed E-state index contributed by atoms with van der Waals surface area (Å²) in [6, 6.07) is 6.09. The van der Waals surface area contributed by atoms with Gasteiger partial charge in [-0.25, -0.2) is 9.37 Å². The summed E-state index contributed by atoms with van der Waals surface area (Å²) in [6.45, 7) is 3.74. The highest BCUT2D eigenvalue weighted by Crippen LogP contribution is 2.21. The van der Waals surface area contributed by atoms with Crippen LogP contribution in [0.3, 0.4) is 0 Å². The van der Waals surface area contributed by atoms with Crippen molar-refractivity contribution < 1.29 is 8.81 Å². The van der Waals surface area contributed by atoms with Crippen molar-refractivity contribution in [1.29, 1.82) is 0 Å². The monoisotopic (exact) mass is 191 g/mol. The number of nitrogens with zero attached hydrogens (tertiary/aromatic N) is 1. The maximum absolute atomic E-state index is 12.6. The highest BCUT2D eigenvalue weighted by molar-refractivity contribution is 5.53. The van der Waals surface area contributed by atoms with Gasteiger partial charge in [-0.2, -0.15) is 0 Å². The predicted octanol–water partition coefficient (Wildman–Crippen LogP) is 3.10. The first-order valence-corrected chi connectivity index (χ1v) is 4.37. The Kier molecular flexibility index (Phi) is 2.08. The van der Waals surface area contributed by atoms with Crippen molar-refractivity contribution in [3.63, 3.8) is 0 Å². The third-order valence-corrected chi connectivity index (χ3v) is 2.12. The van der Waals surface area contributed by atoms with Crippen LogP contribution < -0.4 is 0 Å². The number of benzene rings is 1.